The van der Waals surface area contributed by atoms with Crippen LogP contribution in [0.4, 0.5) is 5.69 Å². The number of nitrogens with one attached hydrogen (secondary N) is 1. The molecule has 0 saturated carbocycles. The van der Waals surface area contributed by atoms with Crippen molar-refractivity contribution in [1.29, 1.82) is 0 Å². The van der Waals surface area contributed by atoms with Gasteiger partial charge in [0.05, 0.1) is 11.7 Å². The molecule has 1 aromatic carbocycles. The van der Waals surface area contributed by atoms with Gasteiger partial charge in [-0.1, -0.05) is 0 Å². The smallest absolute Gasteiger partial charge is 0.0755 e. The number of benzene rings is 1. The van der Waals surface area contributed by atoms with Gasteiger partial charge in [-0.05, 0) is 57.2 Å². The number of thioether (sulfide) groups is 1. The van der Waals surface area contributed by atoms with Gasteiger partial charge >= 0.3 is 0 Å². The predicted molar refractivity (Wildman–Crippen MR) is 74.9 cm³/mol. The summed E-state index contributed by atoms with van der Waals surface area (Å²) in [4.78, 5) is 1.30. The fourth-order valence-electron chi connectivity index (χ4n) is 2.16. The topological polar surface area (TPSA) is 21.3 Å². The van der Waals surface area contributed by atoms with Crippen LogP contribution in [0.25, 0.3) is 0 Å². The van der Waals surface area contributed by atoms with Crippen LogP contribution in [0, 0.1) is 0 Å². The van der Waals surface area contributed by atoms with Gasteiger partial charge in [0, 0.05) is 17.1 Å². The zero-order valence-corrected chi connectivity index (χ0v) is 11.6. The highest BCUT2D eigenvalue weighted by Gasteiger charge is 2.31. The summed E-state index contributed by atoms with van der Waals surface area (Å²) in [5, 5.41) is 3.44. The van der Waals surface area contributed by atoms with Crippen LogP contribution in [0.15, 0.2) is 29.2 Å². The molecule has 2 nitrogen and oxygen atoms in total. The number of hydrogen-bond acceptors (Lipinski definition) is 3. The molecule has 0 aliphatic carbocycles. The van der Waals surface area contributed by atoms with Crippen LogP contribution in [0.1, 0.15) is 26.7 Å². The van der Waals surface area contributed by atoms with Gasteiger partial charge in [0.2, 0.25) is 0 Å². The van der Waals surface area contributed by atoms with Crippen LogP contribution in [0.3, 0.4) is 0 Å². The molecule has 94 valence electrons. The van der Waals surface area contributed by atoms with E-state index in [9.17, 15) is 0 Å². The van der Waals surface area contributed by atoms with Gasteiger partial charge < -0.3 is 10.1 Å². The van der Waals surface area contributed by atoms with Crippen molar-refractivity contribution in [1.82, 2.24) is 0 Å². The summed E-state index contributed by atoms with van der Waals surface area (Å²) in [5.74, 6) is 0. The average Bonchev–Trinajstić information content (AvgIpc) is 2.67. The largest absolute Gasteiger partial charge is 0.382 e. The van der Waals surface area contributed by atoms with Crippen LogP contribution >= 0.6 is 11.8 Å². The first kappa shape index (κ1) is 12.8. The third kappa shape index (κ3) is 3.65. The Morgan fingerprint density at radius 3 is 2.59 bits per heavy atom. The molecule has 0 amide bonds. The van der Waals surface area contributed by atoms with Crippen LogP contribution < -0.4 is 5.32 Å². The number of ether oxygens (including phenoxy) is 1. The summed E-state index contributed by atoms with van der Waals surface area (Å²) >= 11 is 1.77. The van der Waals surface area contributed by atoms with Gasteiger partial charge in [0.1, 0.15) is 0 Å². The Hall–Kier alpha value is -0.670. The maximum Gasteiger partial charge on any atom is 0.0755 e. The van der Waals surface area contributed by atoms with Crippen LogP contribution in [0.2, 0.25) is 0 Å². The molecule has 1 aliphatic rings. The van der Waals surface area contributed by atoms with Gasteiger partial charge in [0.15, 0.2) is 0 Å². The maximum absolute atomic E-state index is 5.95. The van der Waals surface area contributed by atoms with Gasteiger partial charge in [-0.15, -0.1) is 11.8 Å². The molecule has 0 spiro atoms. The van der Waals surface area contributed by atoms with Crippen molar-refractivity contribution in [2.75, 3.05) is 18.1 Å². The molecular formula is C14H21NOS. The third-order valence-corrected chi connectivity index (χ3v) is 3.92. The quantitative estimate of drug-likeness (QED) is 0.823. The van der Waals surface area contributed by atoms with Gasteiger partial charge in [-0.2, -0.15) is 0 Å². The van der Waals surface area contributed by atoms with Crippen LogP contribution in [0.5, 0.6) is 0 Å². The van der Waals surface area contributed by atoms with Crippen molar-refractivity contribution in [2.45, 2.75) is 43.3 Å². The number of anilines is 1. The lowest BCUT2D eigenvalue weighted by Gasteiger charge is -2.19. The SMILES string of the molecule is CSc1ccc(NCC2CCC(C)(C)O2)cc1. The highest BCUT2D eigenvalue weighted by atomic mass is 32.2. The summed E-state index contributed by atoms with van der Waals surface area (Å²) < 4.78 is 5.95. The lowest BCUT2D eigenvalue weighted by Crippen LogP contribution is -2.24. The van der Waals surface area contributed by atoms with E-state index in [4.69, 9.17) is 4.74 Å². The number of rotatable bonds is 4. The van der Waals surface area contributed by atoms with E-state index in [2.05, 4.69) is 49.7 Å². The fourth-order valence-corrected chi connectivity index (χ4v) is 2.57. The second-order valence-corrected chi connectivity index (χ2v) is 6.03. The molecule has 1 fully saturated rings. The maximum atomic E-state index is 5.95. The molecular weight excluding hydrogens is 230 g/mol. The highest BCUT2D eigenvalue weighted by molar-refractivity contribution is 7.98. The summed E-state index contributed by atoms with van der Waals surface area (Å²) in [6.07, 6.45) is 4.76. The van der Waals surface area contributed by atoms with Gasteiger partial charge in [-0.25, -0.2) is 0 Å². The lowest BCUT2D eigenvalue weighted by atomic mass is 10.1. The zero-order chi connectivity index (χ0) is 12.3. The van der Waals surface area contributed by atoms with E-state index in [0.717, 1.165) is 19.4 Å². The van der Waals surface area contributed by atoms with Crippen molar-refractivity contribution in [3.05, 3.63) is 24.3 Å². The Morgan fingerprint density at radius 1 is 1.35 bits per heavy atom. The lowest BCUT2D eigenvalue weighted by molar-refractivity contribution is -0.00910. The normalized spacial score (nSPS) is 22.6. The monoisotopic (exact) mass is 251 g/mol. The molecule has 1 aromatic rings. The molecule has 1 saturated heterocycles. The second-order valence-electron chi connectivity index (χ2n) is 5.15. The predicted octanol–water partition coefficient (Wildman–Crippen LogP) is 3.78. The van der Waals surface area contributed by atoms with E-state index < -0.39 is 0 Å². The summed E-state index contributed by atoms with van der Waals surface area (Å²) in [6, 6.07) is 8.55. The molecule has 0 bridgehead atoms. The van der Waals surface area contributed by atoms with Gasteiger partial charge in [0.25, 0.3) is 0 Å². The van der Waals surface area contributed by atoms with Crippen LogP contribution in [-0.4, -0.2) is 24.5 Å². The van der Waals surface area contributed by atoms with Crippen LogP contribution in [-0.2, 0) is 4.74 Å². The summed E-state index contributed by atoms with van der Waals surface area (Å²) in [6.45, 7) is 5.24. The molecule has 17 heavy (non-hydrogen) atoms. The Balaban J connectivity index is 1.82. The van der Waals surface area contributed by atoms with E-state index in [1.807, 2.05) is 0 Å². The van der Waals surface area contributed by atoms with E-state index in [-0.39, 0.29) is 5.60 Å². The first-order valence-electron chi connectivity index (χ1n) is 6.15. The first-order chi connectivity index (χ1) is 8.09. The minimum atomic E-state index is 0.0645. The Bertz CT molecular complexity index is 361. The molecule has 1 atom stereocenters. The van der Waals surface area contributed by atoms with Crippen molar-refractivity contribution < 1.29 is 4.74 Å². The minimum Gasteiger partial charge on any atom is -0.382 e. The average molecular weight is 251 g/mol. The van der Waals surface area contributed by atoms with Crippen molar-refractivity contribution in [3.8, 4) is 0 Å². The molecule has 1 heterocycles. The molecule has 0 aromatic heterocycles. The standard InChI is InChI=1S/C14H21NOS/c1-14(2)9-8-12(16-14)10-15-11-4-6-13(17-3)7-5-11/h4-7,12,15H,8-10H2,1-3H3. The summed E-state index contributed by atoms with van der Waals surface area (Å²) in [5.41, 5.74) is 1.24. The number of hydrogen-bond donors (Lipinski definition) is 1. The van der Waals surface area contributed by atoms with E-state index >= 15 is 0 Å². The third-order valence-electron chi connectivity index (χ3n) is 3.18. The zero-order valence-electron chi connectivity index (χ0n) is 10.8. The Morgan fingerprint density at radius 2 is 2.06 bits per heavy atom. The summed E-state index contributed by atoms with van der Waals surface area (Å²) in [7, 11) is 0. The van der Waals surface area contributed by atoms with E-state index in [0.29, 0.717) is 6.10 Å². The highest BCUT2D eigenvalue weighted by Crippen LogP contribution is 2.29. The van der Waals surface area contributed by atoms with E-state index in [1.54, 1.807) is 11.8 Å². The molecule has 0 radical (unpaired) electrons. The minimum absolute atomic E-state index is 0.0645. The van der Waals surface area contributed by atoms with Crippen molar-refractivity contribution in [3.63, 3.8) is 0 Å². The van der Waals surface area contributed by atoms with Crippen molar-refractivity contribution >= 4 is 17.4 Å². The van der Waals surface area contributed by atoms with Gasteiger partial charge in [-0.3, -0.25) is 0 Å². The second kappa shape index (κ2) is 5.32. The Labute approximate surface area is 108 Å². The molecule has 2 rings (SSSR count). The molecule has 1 unspecified atom stereocenters. The van der Waals surface area contributed by atoms with E-state index in [1.165, 1.54) is 10.6 Å². The molecule has 1 N–H and O–H groups in total. The molecule has 3 heteroatoms. The first-order valence-corrected chi connectivity index (χ1v) is 7.37. The fraction of sp³-hybridized carbons (Fsp3) is 0.571. The molecule has 1 aliphatic heterocycles. The Kier molecular flexibility index (Phi) is 4.00. The van der Waals surface area contributed by atoms with Crippen molar-refractivity contribution in [2.24, 2.45) is 0 Å².